The zero-order valence-corrected chi connectivity index (χ0v) is 12.4. The summed E-state index contributed by atoms with van der Waals surface area (Å²) in [6, 6.07) is 14.0. The van der Waals surface area contributed by atoms with Crippen molar-refractivity contribution >= 4 is 6.03 Å². The van der Waals surface area contributed by atoms with Crippen molar-refractivity contribution in [3.63, 3.8) is 0 Å². The third-order valence-corrected chi connectivity index (χ3v) is 3.05. The molecule has 0 aliphatic rings. The van der Waals surface area contributed by atoms with Crippen molar-refractivity contribution in [2.24, 2.45) is 0 Å². The smallest absolute Gasteiger partial charge is 0.315 e. The van der Waals surface area contributed by atoms with Gasteiger partial charge in [0.25, 0.3) is 0 Å². The van der Waals surface area contributed by atoms with Crippen LogP contribution in [-0.2, 0) is 13.1 Å². The molecule has 0 atom stereocenters. The first-order chi connectivity index (χ1) is 10.7. The normalized spacial score (nSPS) is 10.1. The Morgan fingerprint density at radius 2 is 1.73 bits per heavy atom. The van der Waals surface area contributed by atoms with Crippen LogP contribution < -0.4 is 15.4 Å². The molecule has 0 aromatic heterocycles. The highest BCUT2D eigenvalue weighted by Crippen LogP contribution is 2.18. The van der Waals surface area contributed by atoms with Crippen molar-refractivity contribution in [3.8, 4) is 5.75 Å². The molecule has 0 saturated heterocycles. The molecule has 2 aromatic carbocycles. The first-order valence-electron chi connectivity index (χ1n) is 7.16. The van der Waals surface area contributed by atoms with Crippen LogP contribution in [0.1, 0.15) is 18.1 Å². The van der Waals surface area contributed by atoms with Crippen LogP contribution in [0.5, 0.6) is 5.75 Å². The van der Waals surface area contributed by atoms with E-state index in [0.717, 1.165) is 5.56 Å². The van der Waals surface area contributed by atoms with Gasteiger partial charge in [0, 0.05) is 13.1 Å². The van der Waals surface area contributed by atoms with Gasteiger partial charge in [0.15, 0.2) is 11.6 Å². The van der Waals surface area contributed by atoms with E-state index in [0.29, 0.717) is 18.7 Å². The first kappa shape index (κ1) is 15.8. The molecule has 2 rings (SSSR count). The van der Waals surface area contributed by atoms with Crippen LogP contribution in [0.25, 0.3) is 0 Å². The van der Waals surface area contributed by atoms with Crippen LogP contribution in [0.2, 0.25) is 0 Å². The molecular formula is C17H19FN2O2. The van der Waals surface area contributed by atoms with Crippen LogP contribution in [0, 0.1) is 5.82 Å². The van der Waals surface area contributed by atoms with E-state index in [2.05, 4.69) is 10.6 Å². The van der Waals surface area contributed by atoms with Gasteiger partial charge in [-0.05, 0) is 30.2 Å². The largest absolute Gasteiger partial charge is 0.491 e. The second kappa shape index (κ2) is 8.02. The van der Waals surface area contributed by atoms with Crippen molar-refractivity contribution in [1.29, 1.82) is 0 Å². The number of rotatable bonds is 6. The number of amides is 2. The maximum absolute atomic E-state index is 13.7. The lowest BCUT2D eigenvalue weighted by Crippen LogP contribution is -2.34. The van der Waals surface area contributed by atoms with E-state index in [1.165, 1.54) is 6.07 Å². The monoisotopic (exact) mass is 302 g/mol. The number of carbonyl (C=O) groups is 1. The second-order valence-electron chi connectivity index (χ2n) is 4.72. The van der Waals surface area contributed by atoms with Gasteiger partial charge in [0.05, 0.1) is 6.61 Å². The Morgan fingerprint density at radius 1 is 1.05 bits per heavy atom. The van der Waals surface area contributed by atoms with Crippen molar-refractivity contribution < 1.29 is 13.9 Å². The van der Waals surface area contributed by atoms with Gasteiger partial charge in [0.1, 0.15) is 0 Å². The van der Waals surface area contributed by atoms with E-state index in [4.69, 9.17) is 4.74 Å². The molecule has 2 amide bonds. The van der Waals surface area contributed by atoms with Crippen molar-refractivity contribution in [2.45, 2.75) is 20.0 Å². The zero-order chi connectivity index (χ0) is 15.8. The summed E-state index contributed by atoms with van der Waals surface area (Å²) in [6.07, 6.45) is 0. The summed E-state index contributed by atoms with van der Waals surface area (Å²) in [5.74, 6) is -0.203. The van der Waals surface area contributed by atoms with Gasteiger partial charge >= 0.3 is 6.03 Å². The maximum Gasteiger partial charge on any atom is 0.315 e. The fourth-order valence-corrected chi connectivity index (χ4v) is 1.95. The average Bonchev–Trinajstić information content (AvgIpc) is 2.54. The molecule has 0 heterocycles. The van der Waals surface area contributed by atoms with Crippen LogP contribution in [0.4, 0.5) is 9.18 Å². The molecule has 5 heteroatoms. The minimum absolute atomic E-state index is 0.222. The average molecular weight is 302 g/mol. The quantitative estimate of drug-likeness (QED) is 0.861. The summed E-state index contributed by atoms with van der Waals surface area (Å²) in [4.78, 5) is 11.7. The Kier molecular flexibility index (Phi) is 5.77. The van der Waals surface area contributed by atoms with E-state index in [1.807, 2.05) is 30.3 Å². The topological polar surface area (TPSA) is 50.4 Å². The molecule has 116 valence electrons. The highest BCUT2D eigenvalue weighted by molar-refractivity contribution is 5.73. The van der Waals surface area contributed by atoms with Crippen LogP contribution in [0.15, 0.2) is 48.5 Å². The summed E-state index contributed by atoms with van der Waals surface area (Å²) in [6.45, 7) is 2.91. The van der Waals surface area contributed by atoms with Gasteiger partial charge in [-0.3, -0.25) is 0 Å². The molecule has 0 bridgehead atoms. The van der Waals surface area contributed by atoms with E-state index in [-0.39, 0.29) is 18.3 Å². The first-order valence-corrected chi connectivity index (χ1v) is 7.16. The maximum atomic E-state index is 13.7. The molecule has 0 saturated carbocycles. The standard InChI is InChI=1S/C17H19FN2O2/c1-2-22-16-9-8-14(10-15(16)18)12-20-17(21)19-11-13-6-4-3-5-7-13/h3-10H,2,11-12H2,1H3,(H2,19,20,21). The minimum Gasteiger partial charge on any atom is -0.491 e. The lowest BCUT2D eigenvalue weighted by atomic mass is 10.2. The zero-order valence-electron chi connectivity index (χ0n) is 12.4. The molecule has 0 aliphatic carbocycles. The van der Waals surface area contributed by atoms with Gasteiger partial charge in [0.2, 0.25) is 0 Å². The molecule has 4 nitrogen and oxygen atoms in total. The Morgan fingerprint density at radius 3 is 2.36 bits per heavy atom. The van der Waals surface area contributed by atoms with E-state index >= 15 is 0 Å². The molecule has 22 heavy (non-hydrogen) atoms. The number of hydrogen-bond donors (Lipinski definition) is 2. The molecule has 0 aliphatic heterocycles. The highest BCUT2D eigenvalue weighted by Gasteiger charge is 2.05. The predicted octanol–water partition coefficient (Wildman–Crippen LogP) is 3.22. The van der Waals surface area contributed by atoms with Gasteiger partial charge < -0.3 is 15.4 Å². The SMILES string of the molecule is CCOc1ccc(CNC(=O)NCc2ccccc2)cc1F. The molecule has 2 N–H and O–H groups in total. The Balaban J connectivity index is 1.80. The molecule has 0 spiro atoms. The second-order valence-corrected chi connectivity index (χ2v) is 4.72. The van der Waals surface area contributed by atoms with Crippen LogP contribution in [-0.4, -0.2) is 12.6 Å². The Labute approximate surface area is 129 Å². The van der Waals surface area contributed by atoms with Gasteiger partial charge in [-0.1, -0.05) is 36.4 Å². The van der Waals surface area contributed by atoms with E-state index in [1.54, 1.807) is 19.1 Å². The number of hydrogen-bond acceptors (Lipinski definition) is 2. The Hall–Kier alpha value is -2.56. The van der Waals surface area contributed by atoms with Gasteiger partial charge in [-0.25, -0.2) is 9.18 Å². The number of carbonyl (C=O) groups excluding carboxylic acids is 1. The third-order valence-electron chi connectivity index (χ3n) is 3.05. The van der Waals surface area contributed by atoms with Crippen LogP contribution >= 0.6 is 0 Å². The molecular weight excluding hydrogens is 283 g/mol. The van der Waals surface area contributed by atoms with E-state index < -0.39 is 5.82 Å². The lowest BCUT2D eigenvalue weighted by molar-refractivity contribution is 0.240. The van der Waals surface area contributed by atoms with Gasteiger partial charge in [-0.2, -0.15) is 0 Å². The number of nitrogens with one attached hydrogen (secondary N) is 2. The fraction of sp³-hybridized carbons (Fsp3) is 0.235. The predicted molar refractivity (Wildman–Crippen MR) is 83.1 cm³/mol. The van der Waals surface area contributed by atoms with Gasteiger partial charge in [-0.15, -0.1) is 0 Å². The minimum atomic E-state index is -0.425. The summed E-state index contributed by atoms with van der Waals surface area (Å²) in [7, 11) is 0. The number of halogens is 1. The number of urea groups is 1. The summed E-state index contributed by atoms with van der Waals surface area (Å²) in [5, 5.41) is 5.44. The summed E-state index contributed by atoms with van der Waals surface area (Å²) < 4.78 is 18.8. The van der Waals surface area contributed by atoms with Crippen LogP contribution in [0.3, 0.4) is 0 Å². The summed E-state index contributed by atoms with van der Waals surface area (Å²) >= 11 is 0. The molecule has 0 radical (unpaired) electrons. The summed E-state index contributed by atoms with van der Waals surface area (Å²) in [5.41, 5.74) is 1.69. The Bertz CT molecular complexity index is 617. The van der Waals surface area contributed by atoms with E-state index in [9.17, 15) is 9.18 Å². The third kappa shape index (κ3) is 4.77. The van der Waals surface area contributed by atoms with Crippen molar-refractivity contribution in [2.75, 3.05) is 6.61 Å². The van der Waals surface area contributed by atoms with Crippen molar-refractivity contribution in [1.82, 2.24) is 10.6 Å². The fourth-order valence-electron chi connectivity index (χ4n) is 1.95. The molecule has 0 unspecified atom stereocenters. The number of ether oxygens (including phenoxy) is 1. The molecule has 0 fully saturated rings. The highest BCUT2D eigenvalue weighted by atomic mass is 19.1. The molecule has 2 aromatic rings. The number of benzene rings is 2. The van der Waals surface area contributed by atoms with Crippen molar-refractivity contribution in [3.05, 3.63) is 65.5 Å². The lowest BCUT2D eigenvalue weighted by Gasteiger charge is -2.09.